The molecule has 110 valence electrons. The van der Waals surface area contributed by atoms with E-state index in [1.165, 1.54) is 0 Å². The first-order chi connectivity index (χ1) is 10.7. The molecule has 22 heavy (non-hydrogen) atoms. The van der Waals surface area contributed by atoms with Gasteiger partial charge in [0, 0.05) is 18.7 Å². The van der Waals surface area contributed by atoms with E-state index >= 15 is 0 Å². The zero-order valence-electron chi connectivity index (χ0n) is 11.8. The Kier molecular flexibility index (Phi) is 3.77. The topological polar surface area (TPSA) is 73.6 Å². The van der Waals surface area contributed by atoms with E-state index in [4.69, 9.17) is 10.00 Å². The Morgan fingerprint density at radius 2 is 1.91 bits per heavy atom. The Labute approximate surface area is 128 Å². The van der Waals surface area contributed by atoms with Crippen molar-refractivity contribution in [1.29, 1.82) is 5.26 Å². The van der Waals surface area contributed by atoms with Gasteiger partial charge in [0.05, 0.1) is 17.7 Å². The fourth-order valence-electron chi connectivity index (χ4n) is 2.23. The highest BCUT2D eigenvalue weighted by Crippen LogP contribution is 2.24. The molecular formula is C17H14N2O3. The number of carbonyl (C=O) groups excluding carboxylic acids is 1. The van der Waals surface area contributed by atoms with Gasteiger partial charge in [0.15, 0.2) is 0 Å². The number of hydrogen-bond donors (Lipinski definition) is 1. The summed E-state index contributed by atoms with van der Waals surface area (Å²) in [6.45, 7) is 0.749. The van der Waals surface area contributed by atoms with E-state index in [0.29, 0.717) is 35.7 Å². The first-order valence-electron chi connectivity index (χ1n) is 6.91. The van der Waals surface area contributed by atoms with E-state index in [-0.39, 0.29) is 5.91 Å². The Balaban J connectivity index is 1.73. The average molecular weight is 294 g/mol. The minimum atomic E-state index is -0.415. The van der Waals surface area contributed by atoms with Crippen LogP contribution in [0.4, 0.5) is 0 Å². The molecule has 1 N–H and O–H groups in total. The molecular weight excluding hydrogens is 280 g/mol. The second-order valence-corrected chi connectivity index (χ2v) is 5.13. The monoisotopic (exact) mass is 294 g/mol. The number of aliphatic hydroxyl groups is 1. The van der Waals surface area contributed by atoms with Crippen molar-refractivity contribution in [3.05, 3.63) is 59.7 Å². The van der Waals surface area contributed by atoms with E-state index in [1.54, 1.807) is 53.4 Å². The van der Waals surface area contributed by atoms with Gasteiger partial charge in [-0.05, 0) is 42.5 Å². The maximum absolute atomic E-state index is 12.2. The SMILES string of the molecule is N#Cc1ccc(Oc2cccc(C(=O)N3CC(O)C3)c2)cc1. The van der Waals surface area contributed by atoms with Gasteiger partial charge < -0.3 is 14.7 Å². The van der Waals surface area contributed by atoms with Crippen LogP contribution >= 0.6 is 0 Å². The van der Waals surface area contributed by atoms with Gasteiger partial charge in [-0.2, -0.15) is 5.26 Å². The van der Waals surface area contributed by atoms with Gasteiger partial charge in [-0.25, -0.2) is 0 Å². The lowest BCUT2D eigenvalue weighted by atomic mass is 10.1. The number of aliphatic hydroxyl groups excluding tert-OH is 1. The van der Waals surface area contributed by atoms with E-state index in [9.17, 15) is 9.90 Å². The zero-order chi connectivity index (χ0) is 15.5. The van der Waals surface area contributed by atoms with E-state index in [2.05, 4.69) is 0 Å². The minimum Gasteiger partial charge on any atom is -0.457 e. The second-order valence-electron chi connectivity index (χ2n) is 5.13. The highest BCUT2D eigenvalue weighted by atomic mass is 16.5. The summed E-state index contributed by atoms with van der Waals surface area (Å²) < 4.78 is 5.69. The number of nitriles is 1. The highest BCUT2D eigenvalue weighted by molar-refractivity contribution is 5.95. The maximum Gasteiger partial charge on any atom is 0.254 e. The maximum atomic E-state index is 12.2. The number of carbonyl (C=O) groups is 1. The van der Waals surface area contributed by atoms with Gasteiger partial charge >= 0.3 is 0 Å². The third-order valence-electron chi connectivity index (χ3n) is 3.45. The Hall–Kier alpha value is -2.84. The van der Waals surface area contributed by atoms with Crippen LogP contribution in [-0.4, -0.2) is 35.1 Å². The Bertz CT molecular complexity index is 728. The molecule has 5 heteroatoms. The summed E-state index contributed by atoms with van der Waals surface area (Å²) in [6, 6.07) is 15.7. The van der Waals surface area contributed by atoms with Gasteiger partial charge in [-0.1, -0.05) is 6.07 Å². The lowest BCUT2D eigenvalue weighted by Crippen LogP contribution is -2.53. The van der Waals surface area contributed by atoms with Crippen LogP contribution in [0, 0.1) is 11.3 Å². The third-order valence-corrected chi connectivity index (χ3v) is 3.45. The Morgan fingerprint density at radius 3 is 2.55 bits per heavy atom. The normalized spacial score (nSPS) is 14.1. The molecule has 0 spiro atoms. The van der Waals surface area contributed by atoms with Crippen molar-refractivity contribution in [1.82, 2.24) is 4.90 Å². The van der Waals surface area contributed by atoms with Crippen molar-refractivity contribution in [2.45, 2.75) is 6.10 Å². The van der Waals surface area contributed by atoms with Crippen molar-refractivity contribution in [2.75, 3.05) is 13.1 Å². The van der Waals surface area contributed by atoms with E-state index < -0.39 is 6.10 Å². The molecule has 3 rings (SSSR count). The van der Waals surface area contributed by atoms with Gasteiger partial charge in [-0.3, -0.25) is 4.79 Å². The first kappa shape index (κ1) is 14.1. The van der Waals surface area contributed by atoms with E-state index in [0.717, 1.165) is 0 Å². The molecule has 0 atom stereocenters. The lowest BCUT2D eigenvalue weighted by molar-refractivity contribution is 0.00588. The summed E-state index contributed by atoms with van der Waals surface area (Å²) in [6.07, 6.45) is -0.415. The van der Waals surface area contributed by atoms with Crippen molar-refractivity contribution >= 4 is 5.91 Å². The Morgan fingerprint density at radius 1 is 1.18 bits per heavy atom. The van der Waals surface area contributed by atoms with Gasteiger partial charge in [0.25, 0.3) is 5.91 Å². The average Bonchev–Trinajstić information content (AvgIpc) is 2.52. The highest BCUT2D eigenvalue weighted by Gasteiger charge is 2.29. The molecule has 0 radical (unpaired) electrons. The predicted molar refractivity (Wildman–Crippen MR) is 79.6 cm³/mol. The lowest BCUT2D eigenvalue weighted by Gasteiger charge is -2.35. The molecule has 5 nitrogen and oxygen atoms in total. The number of nitrogens with zero attached hydrogens (tertiary/aromatic N) is 2. The van der Waals surface area contributed by atoms with Gasteiger partial charge in [0.1, 0.15) is 11.5 Å². The fourth-order valence-corrected chi connectivity index (χ4v) is 2.23. The van der Waals surface area contributed by atoms with Crippen LogP contribution in [0.3, 0.4) is 0 Å². The largest absolute Gasteiger partial charge is 0.457 e. The molecule has 0 saturated carbocycles. The quantitative estimate of drug-likeness (QED) is 0.941. The molecule has 2 aromatic rings. The van der Waals surface area contributed by atoms with Crippen molar-refractivity contribution in [3.8, 4) is 17.6 Å². The summed E-state index contributed by atoms with van der Waals surface area (Å²) in [5.74, 6) is 1.04. The molecule has 0 aromatic heterocycles. The van der Waals surface area contributed by atoms with Crippen molar-refractivity contribution < 1.29 is 14.6 Å². The third kappa shape index (κ3) is 2.92. The number of hydrogen-bond acceptors (Lipinski definition) is 4. The summed E-state index contributed by atoms with van der Waals surface area (Å²) in [4.78, 5) is 13.8. The zero-order valence-corrected chi connectivity index (χ0v) is 11.8. The molecule has 1 aliphatic heterocycles. The summed E-state index contributed by atoms with van der Waals surface area (Å²) in [7, 11) is 0. The van der Waals surface area contributed by atoms with Crippen molar-refractivity contribution in [3.63, 3.8) is 0 Å². The number of amides is 1. The molecule has 0 bridgehead atoms. The number of ether oxygens (including phenoxy) is 1. The molecule has 1 amide bonds. The second kappa shape index (κ2) is 5.88. The van der Waals surface area contributed by atoms with Crippen LogP contribution in [0.25, 0.3) is 0 Å². The molecule has 1 fully saturated rings. The number of benzene rings is 2. The van der Waals surface area contributed by atoms with Crippen LogP contribution in [0.15, 0.2) is 48.5 Å². The van der Waals surface area contributed by atoms with Crippen LogP contribution in [0.5, 0.6) is 11.5 Å². The number of likely N-dealkylation sites (tertiary alicyclic amines) is 1. The number of rotatable bonds is 3. The van der Waals surface area contributed by atoms with Crippen LogP contribution in [-0.2, 0) is 0 Å². The van der Waals surface area contributed by atoms with Crippen molar-refractivity contribution in [2.24, 2.45) is 0 Å². The summed E-state index contributed by atoms with van der Waals surface area (Å²) >= 11 is 0. The molecule has 0 unspecified atom stereocenters. The molecule has 2 aromatic carbocycles. The summed E-state index contributed by atoms with van der Waals surface area (Å²) in [5, 5.41) is 18.0. The van der Waals surface area contributed by atoms with Crippen LogP contribution in [0.1, 0.15) is 15.9 Å². The summed E-state index contributed by atoms with van der Waals surface area (Å²) in [5.41, 5.74) is 1.09. The molecule has 1 aliphatic rings. The molecule has 1 saturated heterocycles. The fraction of sp³-hybridized carbons (Fsp3) is 0.176. The van der Waals surface area contributed by atoms with Gasteiger partial charge in [0.2, 0.25) is 0 Å². The standard InChI is InChI=1S/C17H14N2O3/c18-9-12-4-6-15(7-5-12)22-16-3-1-2-13(8-16)17(21)19-10-14(20)11-19/h1-8,14,20H,10-11H2. The first-order valence-corrected chi connectivity index (χ1v) is 6.91. The molecule has 1 heterocycles. The van der Waals surface area contributed by atoms with Crippen LogP contribution in [0.2, 0.25) is 0 Å². The minimum absolute atomic E-state index is 0.115. The van der Waals surface area contributed by atoms with Gasteiger partial charge in [-0.15, -0.1) is 0 Å². The van der Waals surface area contributed by atoms with Crippen LogP contribution < -0.4 is 4.74 Å². The number of β-amino-alcohol motifs (C(OH)–C–C–N with tert-alkyl or cyclic N) is 1. The van der Waals surface area contributed by atoms with E-state index in [1.807, 2.05) is 6.07 Å². The smallest absolute Gasteiger partial charge is 0.254 e. The predicted octanol–water partition coefficient (Wildman–Crippen LogP) is 2.17. The molecule has 0 aliphatic carbocycles.